The summed E-state index contributed by atoms with van der Waals surface area (Å²) in [6.45, 7) is 6.24. The van der Waals surface area contributed by atoms with Gasteiger partial charge in [0.25, 0.3) is 0 Å². The fraction of sp³-hybridized carbons (Fsp3) is 0.923. The fourth-order valence-corrected chi connectivity index (χ4v) is 3.46. The van der Waals surface area contributed by atoms with Gasteiger partial charge in [-0.2, -0.15) is 0 Å². The molecular formula is C13H23N3O2. The summed E-state index contributed by atoms with van der Waals surface area (Å²) in [5.74, 6) is 0.827. The van der Waals surface area contributed by atoms with Crippen molar-refractivity contribution in [2.24, 2.45) is 5.92 Å². The monoisotopic (exact) mass is 253 g/mol. The summed E-state index contributed by atoms with van der Waals surface area (Å²) < 4.78 is 5.47. The number of likely N-dealkylation sites (N-methyl/N-ethyl adjacent to an activating group) is 1. The van der Waals surface area contributed by atoms with Gasteiger partial charge in [-0.1, -0.05) is 0 Å². The minimum absolute atomic E-state index is 0.158. The number of carbonyl (C=O) groups excluding carboxylic acids is 1. The second-order valence-corrected chi connectivity index (χ2v) is 6.32. The van der Waals surface area contributed by atoms with Gasteiger partial charge in [-0.05, 0) is 38.9 Å². The highest BCUT2D eigenvalue weighted by molar-refractivity contribution is 5.70. The molecule has 3 heterocycles. The van der Waals surface area contributed by atoms with Crippen molar-refractivity contribution in [1.29, 1.82) is 0 Å². The Balaban J connectivity index is 1.44. The van der Waals surface area contributed by atoms with Crippen LogP contribution in [0.15, 0.2) is 0 Å². The third kappa shape index (κ3) is 2.21. The highest BCUT2D eigenvalue weighted by atomic mass is 16.6. The molecule has 3 fully saturated rings. The smallest absolute Gasteiger partial charge is 0.410 e. The quantitative estimate of drug-likeness (QED) is 0.716. The van der Waals surface area contributed by atoms with Gasteiger partial charge in [0.05, 0.1) is 6.54 Å². The molecule has 0 N–H and O–H groups in total. The van der Waals surface area contributed by atoms with E-state index >= 15 is 0 Å². The van der Waals surface area contributed by atoms with E-state index in [1.807, 2.05) is 7.05 Å². The average Bonchev–Trinajstić information content (AvgIpc) is 2.58. The summed E-state index contributed by atoms with van der Waals surface area (Å²) in [5, 5.41) is 0. The second kappa shape index (κ2) is 4.38. The second-order valence-electron chi connectivity index (χ2n) is 6.32. The number of piperidine rings is 1. The van der Waals surface area contributed by atoms with Crippen LogP contribution in [-0.2, 0) is 4.74 Å². The molecule has 0 saturated carbocycles. The topological polar surface area (TPSA) is 36.0 Å². The van der Waals surface area contributed by atoms with E-state index in [0.29, 0.717) is 0 Å². The molecule has 0 atom stereocenters. The summed E-state index contributed by atoms with van der Waals surface area (Å²) in [4.78, 5) is 17.9. The van der Waals surface area contributed by atoms with Crippen LogP contribution in [0.1, 0.15) is 12.8 Å². The number of hydrogen-bond donors (Lipinski definition) is 0. The molecule has 3 aliphatic heterocycles. The van der Waals surface area contributed by atoms with Crippen LogP contribution >= 0.6 is 0 Å². The molecule has 18 heavy (non-hydrogen) atoms. The van der Waals surface area contributed by atoms with Crippen molar-refractivity contribution in [3.63, 3.8) is 0 Å². The molecule has 5 nitrogen and oxygen atoms in total. The molecule has 0 bridgehead atoms. The predicted octanol–water partition coefficient (Wildman–Crippen LogP) is 0.465. The Labute approximate surface area is 109 Å². The maximum absolute atomic E-state index is 11.4. The summed E-state index contributed by atoms with van der Waals surface area (Å²) in [6.07, 6.45) is 2.45. The van der Waals surface area contributed by atoms with Crippen LogP contribution in [0.2, 0.25) is 0 Å². The van der Waals surface area contributed by atoms with Gasteiger partial charge in [0.15, 0.2) is 5.60 Å². The molecule has 0 aromatic carbocycles. The number of hydrogen-bond acceptors (Lipinski definition) is 4. The SMILES string of the molecule is CN1CCC(CN2CC3(C2)CN(C)C(=O)O3)CC1. The fourth-order valence-electron chi connectivity index (χ4n) is 3.46. The Bertz CT molecular complexity index is 333. The number of likely N-dealkylation sites (tertiary alicyclic amines) is 2. The first-order valence-electron chi connectivity index (χ1n) is 6.91. The molecule has 3 aliphatic rings. The van der Waals surface area contributed by atoms with Gasteiger partial charge in [0.2, 0.25) is 0 Å². The van der Waals surface area contributed by atoms with E-state index < -0.39 is 0 Å². The van der Waals surface area contributed by atoms with E-state index in [1.54, 1.807) is 4.90 Å². The van der Waals surface area contributed by atoms with Crippen LogP contribution < -0.4 is 0 Å². The molecule has 0 aromatic heterocycles. The van der Waals surface area contributed by atoms with Gasteiger partial charge in [-0.15, -0.1) is 0 Å². The van der Waals surface area contributed by atoms with Crippen molar-refractivity contribution in [3.8, 4) is 0 Å². The lowest BCUT2D eigenvalue weighted by Gasteiger charge is -2.47. The highest BCUT2D eigenvalue weighted by Crippen LogP contribution is 2.33. The first-order chi connectivity index (χ1) is 8.56. The van der Waals surface area contributed by atoms with Gasteiger partial charge in [0.1, 0.15) is 0 Å². The van der Waals surface area contributed by atoms with Gasteiger partial charge in [0, 0.05) is 26.7 Å². The number of carbonyl (C=O) groups is 1. The summed E-state index contributed by atoms with van der Waals surface area (Å²) in [5.41, 5.74) is -0.183. The largest absolute Gasteiger partial charge is 0.438 e. The van der Waals surface area contributed by atoms with Crippen LogP contribution in [0.5, 0.6) is 0 Å². The molecule has 3 rings (SSSR count). The standard InChI is InChI=1S/C13H23N3O2/c1-14-5-3-11(4-6-14)7-16-9-13(10-16)8-15(2)12(17)18-13/h11H,3-10H2,1-2H3. The normalized spacial score (nSPS) is 29.7. The zero-order chi connectivity index (χ0) is 12.8. The lowest BCUT2D eigenvalue weighted by atomic mass is 9.90. The molecule has 0 aromatic rings. The van der Waals surface area contributed by atoms with E-state index in [-0.39, 0.29) is 11.7 Å². The molecular weight excluding hydrogens is 230 g/mol. The van der Waals surface area contributed by atoms with Crippen LogP contribution in [-0.4, -0.2) is 79.8 Å². The average molecular weight is 253 g/mol. The zero-order valence-electron chi connectivity index (χ0n) is 11.4. The minimum Gasteiger partial charge on any atom is -0.438 e. The third-order valence-corrected chi connectivity index (χ3v) is 4.52. The Morgan fingerprint density at radius 3 is 2.44 bits per heavy atom. The first kappa shape index (κ1) is 12.2. The number of amides is 1. The Morgan fingerprint density at radius 1 is 1.22 bits per heavy atom. The van der Waals surface area contributed by atoms with Crippen LogP contribution in [0.25, 0.3) is 0 Å². The maximum atomic E-state index is 11.4. The highest BCUT2D eigenvalue weighted by Gasteiger charge is 2.52. The van der Waals surface area contributed by atoms with Crippen molar-refractivity contribution >= 4 is 6.09 Å². The van der Waals surface area contributed by atoms with Crippen LogP contribution in [0, 0.1) is 5.92 Å². The van der Waals surface area contributed by atoms with E-state index in [4.69, 9.17) is 4.74 Å². The molecule has 5 heteroatoms. The van der Waals surface area contributed by atoms with Crippen molar-refractivity contribution in [2.45, 2.75) is 18.4 Å². The molecule has 1 amide bonds. The maximum Gasteiger partial charge on any atom is 0.410 e. The van der Waals surface area contributed by atoms with Gasteiger partial charge in [-0.3, -0.25) is 4.90 Å². The van der Waals surface area contributed by atoms with Crippen molar-refractivity contribution < 1.29 is 9.53 Å². The van der Waals surface area contributed by atoms with Gasteiger partial charge >= 0.3 is 6.09 Å². The lowest BCUT2D eigenvalue weighted by molar-refractivity contribution is -0.0809. The van der Waals surface area contributed by atoms with E-state index in [1.165, 1.54) is 32.5 Å². The summed E-state index contributed by atoms with van der Waals surface area (Å²) in [7, 11) is 4.01. The molecule has 1 spiro atoms. The van der Waals surface area contributed by atoms with Crippen LogP contribution in [0.4, 0.5) is 4.79 Å². The van der Waals surface area contributed by atoms with Gasteiger partial charge in [-0.25, -0.2) is 4.79 Å². The van der Waals surface area contributed by atoms with Crippen molar-refractivity contribution in [3.05, 3.63) is 0 Å². The Hall–Kier alpha value is -0.810. The van der Waals surface area contributed by atoms with Crippen LogP contribution in [0.3, 0.4) is 0 Å². The van der Waals surface area contributed by atoms with Gasteiger partial charge < -0.3 is 14.5 Å². The Kier molecular flexibility index (Phi) is 2.98. The Morgan fingerprint density at radius 2 is 1.89 bits per heavy atom. The molecule has 0 unspecified atom stereocenters. The number of nitrogens with zero attached hydrogens (tertiary/aromatic N) is 3. The predicted molar refractivity (Wildman–Crippen MR) is 68.5 cm³/mol. The molecule has 0 radical (unpaired) electrons. The summed E-state index contributed by atoms with van der Waals surface area (Å²) >= 11 is 0. The molecule has 0 aliphatic carbocycles. The zero-order valence-corrected chi connectivity index (χ0v) is 11.4. The third-order valence-electron chi connectivity index (χ3n) is 4.52. The van der Waals surface area contributed by atoms with Crippen molar-refractivity contribution in [2.75, 3.05) is 53.4 Å². The van der Waals surface area contributed by atoms with E-state index in [9.17, 15) is 4.79 Å². The summed E-state index contributed by atoms with van der Waals surface area (Å²) in [6, 6.07) is 0. The number of rotatable bonds is 2. The lowest BCUT2D eigenvalue weighted by Crippen LogP contribution is -2.64. The number of ether oxygens (including phenoxy) is 1. The first-order valence-corrected chi connectivity index (χ1v) is 6.91. The molecule has 3 saturated heterocycles. The molecule has 102 valence electrons. The van der Waals surface area contributed by atoms with E-state index in [0.717, 1.165) is 25.6 Å². The van der Waals surface area contributed by atoms with E-state index in [2.05, 4.69) is 16.8 Å². The van der Waals surface area contributed by atoms with Crippen molar-refractivity contribution in [1.82, 2.24) is 14.7 Å². The minimum atomic E-state index is -0.183.